The Labute approximate surface area is 119 Å². The number of ether oxygens (including phenoxy) is 2. The molecule has 1 unspecified atom stereocenters. The van der Waals surface area contributed by atoms with Crippen molar-refractivity contribution >= 4 is 5.97 Å². The zero-order valence-electron chi connectivity index (χ0n) is 12.5. The number of hydrogen-bond donors (Lipinski definition) is 2. The van der Waals surface area contributed by atoms with Gasteiger partial charge in [0.25, 0.3) is 0 Å². The fraction of sp³-hybridized carbons (Fsp3) is 0.533. The Morgan fingerprint density at radius 1 is 1.35 bits per heavy atom. The van der Waals surface area contributed by atoms with Gasteiger partial charge in [0.2, 0.25) is 0 Å². The van der Waals surface area contributed by atoms with Crippen molar-refractivity contribution < 1.29 is 19.4 Å². The molecule has 0 aromatic heterocycles. The van der Waals surface area contributed by atoms with E-state index in [-0.39, 0.29) is 17.8 Å². The molecule has 0 radical (unpaired) electrons. The first kappa shape index (κ1) is 16.3. The molecule has 1 atom stereocenters. The van der Waals surface area contributed by atoms with Crippen LogP contribution < -0.4 is 10.1 Å². The van der Waals surface area contributed by atoms with Gasteiger partial charge < -0.3 is 19.9 Å². The van der Waals surface area contributed by atoms with Crippen LogP contribution in [0.2, 0.25) is 0 Å². The van der Waals surface area contributed by atoms with Crippen molar-refractivity contribution in [2.24, 2.45) is 5.92 Å². The average molecular weight is 281 g/mol. The van der Waals surface area contributed by atoms with Crippen molar-refractivity contribution in [3.8, 4) is 11.5 Å². The number of methoxy groups -OCH3 is 2. The number of esters is 1. The van der Waals surface area contributed by atoms with E-state index in [0.29, 0.717) is 30.2 Å². The number of nitrogens with one attached hydrogen (secondary N) is 1. The van der Waals surface area contributed by atoms with E-state index in [0.717, 1.165) is 0 Å². The van der Waals surface area contributed by atoms with Crippen molar-refractivity contribution in [2.75, 3.05) is 14.2 Å². The molecular weight excluding hydrogens is 258 g/mol. The van der Waals surface area contributed by atoms with E-state index in [2.05, 4.69) is 5.32 Å². The third-order valence-electron chi connectivity index (χ3n) is 3.03. The van der Waals surface area contributed by atoms with E-state index < -0.39 is 0 Å². The average Bonchev–Trinajstić information content (AvgIpc) is 2.43. The molecule has 0 amide bonds. The highest BCUT2D eigenvalue weighted by Crippen LogP contribution is 2.29. The van der Waals surface area contributed by atoms with E-state index in [1.54, 1.807) is 18.2 Å². The van der Waals surface area contributed by atoms with Gasteiger partial charge in [-0.15, -0.1) is 0 Å². The Balaban J connectivity index is 2.74. The summed E-state index contributed by atoms with van der Waals surface area (Å²) in [5, 5.41) is 13.1. The smallest absolute Gasteiger partial charge is 0.322 e. The molecule has 1 rings (SSSR count). The van der Waals surface area contributed by atoms with E-state index >= 15 is 0 Å². The van der Waals surface area contributed by atoms with Crippen LogP contribution in [0.4, 0.5) is 0 Å². The number of carbonyl (C=O) groups is 1. The number of rotatable bonds is 7. The summed E-state index contributed by atoms with van der Waals surface area (Å²) in [5.41, 5.74) is 0.682. The molecule has 112 valence electrons. The highest BCUT2D eigenvalue weighted by Gasteiger charge is 2.20. The predicted octanol–water partition coefficient (Wildman–Crippen LogP) is 2.08. The van der Waals surface area contributed by atoms with E-state index in [9.17, 15) is 9.90 Å². The van der Waals surface area contributed by atoms with Crippen molar-refractivity contribution in [2.45, 2.75) is 32.9 Å². The maximum absolute atomic E-state index is 11.7. The molecule has 0 fully saturated rings. The molecule has 0 aliphatic rings. The lowest BCUT2D eigenvalue weighted by Crippen LogP contribution is -2.38. The second-order valence-corrected chi connectivity index (χ2v) is 5.05. The van der Waals surface area contributed by atoms with E-state index in [4.69, 9.17) is 9.47 Å². The summed E-state index contributed by atoms with van der Waals surface area (Å²) in [6, 6.07) is 4.88. The van der Waals surface area contributed by atoms with Crippen LogP contribution in [0.25, 0.3) is 0 Å². The van der Waals surface area contributed by atoms with E-state index in [1.807, 2.05) is 13.8 Å². The molecule has 0 saturated heterocycles. The fourth-order valence-corrected chi connectivity index (χ4v) is 1.98. The van der Waals surface area contributed by atoms with Crippen LogP contribution in [-0.4, -0.2) is 31.3 Å². The molecule has 0 heterocycles. The van der Waals surface area contributed by atoms with Gasteiger partial charge in [0.15, 0.2) is 11.5 Å². The number of phenolic OH excluding ortho intramolecular Hbond substituents is 1. The monoisotopic (exact) mass is 281 g/mol. The summed E-state index contributed by atoms with van der Waals surface area (Å²) < 4.78 is 9.84. The van der Waals surface area contributed by atoms with Gasteiger partial charge in [0.05, 0.1) is 14.2 Å². The highest BCUT2D eigenvalue weighted by molar-refractivity contribution is 5.75. The summed E-state index contributed by atoms with van der Waals surface area (Å²) in [7, 11) is 2.88. The van der Waals surface area contributed by atoms with Gasteiger partial charge >= 0.3 is 5.97 Å². The maximum atomic E-state index is 11.7. The Morgan fingerprint density at radius 3 is 2.60 bits per heavy atom. The molecule has 0 saturated carbocycles. The minimum atomic E-state index is -0.384. The van der Waals surface area contributed by atoms with Crippen LogP contribution in [0.15, 0.2) is 18.2 Å². The Kier molecular flexibility index (Phi) is 6.31. The molecular formula is C15H23NO4. The van der Waals surface area contributed by atoms with Crippen molar-refractivity contribution in [1.82, 2.24) is 5.32 Å². The summed E-state index contributed by atoms with van der Waals surface area (Å²) >= 11 is 0. The maximum Gasteiger partial charge on any atom is 0.322 e. The van der Waals surface area contributed by atoms with Crippen LogP contribution in [0.5, 0.6) is 11.5 Å². The zero-order valence-corrected chi connectivity index (χ0v) is 12.5. The third-order valence-corrected chi connectivity index (χ3v) is 3.03. The number of para-hydroxylation sites is 1. The largest absolute Gasteiger partial charge is 0.504 e. The lowest BCUT2D eigenvalue weighted by Gasteiger charge is -2.19. The second kappa shape index (κ2) is 7.75. The van der Waals surface area contributed by atoms with Crippen LogP contribution in [-0.2, 0) is 16.1 Å². The molecule has 0 aliphatic heterocycles. The third kappa shape index (κ3) is 4.42. The number of benzene rings is 1. The normalized spacial score (nSPS) is 12.2. The Morgan fingerprint density at radius 2 is 2.05 bits per heavy atom. The predicted molar refractivity (Wildman–Crippen MR) is 76.8 cm³/mol. The van der Waals surface area contributed by atoms with Crippen LogP contribution >= 0.6 is 0 Å². The molecule has 1 aromatic carbocycles. The number of carbonyl (C=O) groups excluding carboxylic acids is 1. The molecule has 0 bridgehead atoms. The Hall–Kier alpha value is -1.75. The molecule has 1 aromatic rings. The van der Waals surface area contributed by atoms with Gasteiger partial charge in [0, 0.05) is 12.1 Å². The topological polar surface area (TPSA) is 67.8 Å². The van der Waals surface area contributed by atoms with Crippen molar-refractivity contribution in [3.63, 3.8) is 0 Å². The van der Waals surface area contributed by atoms with Gasteiger partial charge in [-0.05, 0) is 18.4 Å². The zero-order chi connectivity index (χ0) is 15.1. The first-order valence-electron chi connectivity index (χ1n) is 6.65. The van der Waals surface area contributed by atoms with Gasteiger partial charge in [-0.1, -0.05) is 26.0 Å². The van der Waals surface area contributed by atoms with Crippen LogP contribution in [0.3, 0.4) is 0 Å². The molecule has 5 heteroatoms. The SMILES string of the molecule is COC(=O)C(CC(C)C)NCc1cccc(OC)c1O. The molecule has 5 nitrogen and oxygen atoms in total. The fourth-order valence-electron chi connectivity index (χ4n) is 1.98. The summed E-state index contributed by atoms with van der Waals surface area (Å²) in [6.45, 7) is 4.46. The van der Waals surface area contributed by atoms with Crippen molar-refractivity contribution in [3.05, 3.63) is 23.8 Å². The standard InChI is InChI=1S/C15H23NO4/c1-10(2)8-12(15(18)20-4)16-9-11-6-5-7-13(19-3)14(11)17/h5-7,10,12,16-17H,8-9H2,1-4H3. The molecule has 2 N–H and O–H groups in total. The summed E-state index contributed by atoms with van der Waals surface area (Å²) in [4.78, 5) is 11.7. The number of aromatic hydroxyl groups is 1. The molecule has 0 aliphatic carbocycles. The van der Waals surface area contributed by atoms with Gasteiger partial charge in [-0.25, -0.2) is 0 Å². The summed E-state index contributed by atoms with van der Waals surface area (Å²) in [6.07, 6.45) is 0.678. The van der Waals surface area contributed by atoms with Gasteiger partial charge in [0.1, 0.15) is 6.04 Å². The lowest BCUT2D eigenvalue weighted by molar-refractivity contribution is -0.143. The van der Waals surface area contributed by atoms with Gasteiger partial charge in [-0.3, -0.25) is 4.79 Å². The minimum Gasteiger partial charge on any atom is -0.504 e. The Bertz CT molecular complexity index is 445. The first-order valence-corrected chi connectivity index (χ1v) is 6.65. The van der Waals surface area contributed by atoms with Gasteiger partial charge in [-0.2, -0.15) is 0 Å². The minimum absolute atomic E-state index is 0.0932. The quantitative estimate of drug-likeness (QED) is 0.749. The van der Waals surface area contributed by atoms with Crippen LogP contribution in [0.1, 0.15) is 25.8 Å². The van der Waals surface area contributed by atoms with Crippen LogP contribution in [0, 0.1) is 5.92 Å². The molecule has 0 spiro atoms. The number of hydrogen-bond acceptors (Lipinski definition) is 5. The van der Waals surface area contributed by atoms with E-state index in [1.165, 1.54) is 14.2 Å². The first-order chi connectivity index (χ1) is 9.49. The lowest BCUT2D eigenvalue weighted by atomic mass is 10.0. The highest BCUT2D eigenvalue weighted by atomic mass is 16.5. The van der Waals surface area contributed by atoms with Crippen molar-refractivity contribution in [1.29, 1.82) is 0 Å². The summed E-state index contributed by atoms with van der Waals surface area (Å²) in [5.74, 6) is 0.588. The molecule has 20 heavy (non-hydrogen) atoms. The number of phenols is 1. The second-order valence-electron chi connectivity index (χ2n) is 5.05.